The van der Waals surface area contributed by atoms with Gasteiger partial charge in [-0.05, 0) is 13.0 Å². The third kappa shape index (κ3) is 1.60. The van der Waals surface area contributed by atoms with Crippen molar-refractivity contribution in [2.24, 2.45) is 5.92 Å². The second kappa shape index (κ2) is 3.95. The smallest absolute Gasteiger partial charge is 0.481 e. The van der Waals surface area contributed by atoms with Crippen LogP contribution in [0.4, 0.5) is 4.79 Å². The summed E-state index contributed by atoms with van der Waals surface area (Å²) in [7, 11) is 0. The van der Waals surface area contributed by atoms with Crippen LogP contribution in [0.25, 0.3) is 0 Å². The van der Waals surface area contributed by atoms with Gasteiger partial charge in [0.1, 0.15) is 6.04 Å². The van der Waals surface area contributed by atoms with Gasteiger partial charge in [-0.3, -0.25) is 14.5 Å². The summed E-state index contributed by atoms with van der Waals surface area (Å²) in [5.41, 5.74) is 0.400. The highest BCUT2D eigenvalue weighted by Gasteiger charge is 2.61. The summed E-state index contributed by atoms with van der Waals surface area (Å²) in [4.78, 5) is 34.8. The first-order chi connectivity index (χ1) is 9.00. The van der Waals surface area contributed by atoms with Crippen molar-refractivity contribution in [3.8, 4) is 0 Å². The van der Waals surface area contributed by atoms with Crippen LogP contribution < -0.4 is 5.32 Å². The average molecular weight is 268 g/mol. The first kappa shape index (κ1) is 12.0. The molecule has 0 aromatic rings. The molecule has 19 heavy (non-hydrogen) atoms. The number of β-lactam (4-membered cyclic amide) rings is 1. The quantitative estimate of drug-likeness (QED) is 0.469. The fraction of sp³-hybridized carbons (Fsp3) is 0.545. The standard InChI is InChI=1S/C11H12N2O6/c14-6(15)3-5-4-1-2-12-7-8(4)13(9(7)16)10(5)19-11(17)18/h4,7-8,12H,1-3H2,(H,14,15)(H,17,18)/t4?,7-,8+/m0/s1. The van der Waals surface area contributed by atoms with Gasteiger partial charge in [-0.15, -0.1) is 0 Å². The van der Waals surface area contributed by atoms with Gasteiger partial charge >= 0.3 is 12.1 Å². The lowest BCUT2D eigenvalue weighted by Crippen LogP contribution is -2.71. The van der Waals surface area contributed by atoms with E-state index in [1.807, 2.05) is 0 Å². The molecular weight excluding hydrogens is 256 g/mol. The van der Waals surface area contributed by atoms with Gasteiger partial charge in [0.05, 0.1) is 12.5 Å². The molecule has 3 aliphatic heterocycles. The minimum atomic E-state index is -1.54. The van der Waals surface area contributed by atoms with Crippen molar-refractivity contribution in [3.63, 3.8) is 0 Å². The number of carboxylic acids is 1. The average Bonchev–Trinajstić information content (AvgIpc) is 2.60. The molecule has 0 saturated carbocycles. The highest BCUT2D eigenvalue weighted by atomic mass is 16.7. The van der Waals surface area contributed by atoms with E-state index in [1.54, 1.807) is 0 Å². The van der Waals surface area contributed by atoms with Crippen LogP contribution in [-0.4, -0.2) is 51.8 Å². The van der Waals surface area contributed by atoms with Gasteiger partial charge in [0, 0.05) is 11.5 Å². The zero-order valence-corrected chi connectivity index (χ0v) is 9.83. The maximum atomic E-state index is 11.9. The zero-order chi connectivity index (χ0) is 13.7. The minimum absolute atomic E-state index is 0.102. The van der Waals surface area contributed by atoms with Crippen molar-refractivity contribution in [3.05, 3.63) is 11.5 Å². The van der Waals surface area contributed by atoms with Crippen molar-refractivity contribution < 1.29 is 29.3 Å². The maximum absolute atomic E-state index is 11.9. The molecule has 0 spiro atoms. The van der Waals surface area contributed by atoms with E-state index in [-0.39, 0.29) is 36.2 Å². The van der Waals surface area contributed by atoms with E-state index < -0.39 is 12.1 Å². The molecular formula is C11H12N2O6. The van der Waals surface area contributed by atoms with Crippen molar-refractivity contribution >= 4 is 18.0 Å². The number of carbonyl (C=O) groups excluding carboxylic acids is 1. The summed E-state index contributed by atoms with van der Waals surface area (Å²) in [5, 5.41) is 20.7. The summed E-state index contributed by atoms with van der Waals surface area (Å²) < 4.78 is 4.65. The summed E-state index contributed by atoms with van der Waals surface area (Å²) in [6.07, 6.45) is -1.18. The first-order valence-electron chi connectivity index (χ1n) is 5.92. The second-order valence-electron chi connectivity index (χ2n) is 4.79. The normalized spacial score (nSPS) is 31.9. The number of carboxylic acid groups (broad SMARTS) is 2. The Bertz CT molecular complexity index is 513. The number of aliphatic carboxylic acids is 1. The minimum Gasteiger partial charge on any atom is -0.481 e. The molecule has 1 unspecified atom stereocenters. The van der Waals surface area contributed by atoms with Crippen molar-refractivity contribution in [1.29, 1.82) is 0 Å². The van der Waals surface area contributed by atoms with Gasteiger partial charge in [-0.1, -0.05) is 0 Å². The Morgan fingerprint density at radius 3 is 2.79 bits per heavy atom. The summed E-state index contributed by atoms with van der Waals surface area (Å²) in [6.45, 7) is 0.606. The molecule has 3 atom stereocenters. The van der Waals surface area contributed by atoms with Crippen LogP contribution in [0.15, 0.2) is 11.5 Å². The SMILES string of the molecule is O=C(O)CC1=C(OC(=O)O)N2C(=O)[C@H]3NCCC1[C@H]32. The monoisotopic (exact) mass is 268 g/mol. The molecule has 3 heterocycles. The van der Waals surface area contributed by atoms with Crippen LogP contribution in [0.5, 0.6) is 0 Å². The third-order valence-electron chi connectivity index (χ3n) is 3.84. The topological polar surface area (TPSA) is 116 Å². The van der Waals surface area contributed by atoms with Crippen LogP contribution in [0.2, 0.25) is 0 Å². The lowest BCUT2D eigenvalue weighted by atomic mass is 9.79. The van der Waals surface area contributed by atoms with Gasteiger partial charge in [-0.25, -0.2) is 4.79 Å². The fourth-order valence-corrected chi connectivity index (χ4v) is 3.19. The molecule has 2 saturated heterocycles. The van der Waals surface area contributed by atoms with Gasteiger partial charge in [-0.2, -0.15) is 0 Å². The molecule has 0 aromatic carbocycles. The van der Waals surface area contributed by atoms with Crippen molar-refractivity contribution in [1.82, 2.24) is 10.2 Å². The number of ether oxygens (including phenoxy) is 1. The molecule has 2 fully saturated rings. The Labute approximate surface area is 107 Å². The Balaban J connectivity index is 1.98. The predicted molar refractivity (Wildman–Crippen MR) is 58.9 cm³/mol. The first-order valence-corrected chi connectivity index (χ1v) is 5.92. The number of carbonyl (C=O) groups is 3. The molecule has 8 nitrogen and oxygen atoms in total. The van der Waals surface area contributed by atoms with Crippen LogP contribution >= 0.6 is 0 Å². The van der Waals surface area contributed by atoms with E-state index in [0.29, 0.717) is 18.5 Å². The summed E-state index contributed by atoms with van der Waals surface area (Å²) in [6, 6.07) is -0.553. The number of amides is 1. The highest BCUT2D eigenvalue weighted by molar-refractivity contribution is 5.93. The number of hydrogen-bond acceptors (Lipinski definition) is 5. The Morgan fingerprint density at radius 2 is 2.16 bits per heavy atom. The number of hydrogen-bond donors (Lipinski definition) is 3. The van der Waals surface area contributed by atoms with Gasteiger partial charge in [0.15, 0.2) is 0 Å². The molecule has 3 N–H and O–H groups in total. The Kier molecular flexibility index (Phi) is 2.49. The van der Waals surface area contributed by atoms with Gasteiger partial charge in [0.25, 0.3) is 0 Å². The lowest BCUT2D eigenvalue weighted by Gasteiger charge is -2.48. The van der Waals surface area contributed by atoms with Crippen LogP contribution in [0.1, 0.15) is 12.8 Å². The fourth-order valence-electron chi connectivity index (χ4n) is 3.19. The van der Waals surface area contributed by atoms with Crippen molar-refractivity contribution in [2.75, 3.05) is 6.54 Å². The van der Waals surface area contributed by atoms with E-state index in [9.17, 15) is 14.4 Å². The van der Waals surface area contributed by atoms with Crippen LogP contribution in [0.3, 0.4) is 0 Å². The maximum Gasteiger partial charge on any atom is 0.512 e. The molecule has 3 rings (SSSR count). The van der Waals surface area contributed by atoms with E-state index in [2.05, 4.69) is 10.1 Å². The largest absolute Gasteiger partial charge is 0.512 e. The van der Waals surface area contributed by atoms with Crippen LogP contribution in [-0.2, 0) is 14.3 Å². The molecule has 0 aromatic heterocycles. The Morgan fingerprint density at radius 1 is 1.42 bits per heavy atom. The van der Waals surface area contributed by atoms with E-state index in [4.69, 9.17) is 10.2 Å². The summed E-state index contributed by atoms with van der Waals surface area (Å²) in [5.74, 6) is -1.55. The second-order valence-corrected chi connectivity index (χ2v) is 4.79. The zero-order valence-electron chi connectivity index (χ0n) is 9.83. The number of nitrogens with one attached hydrogen (secondary N) is 1. The molecule has 0 aliphatic carbocycles. The summed E-state index contributed by atoms with van der Waals surface area (Å²) >= 11 is 0. The van der Waals surface area contributed by atoms with Gasteiger partial charge < -0.3 is 20.3 Å². The molecule has 8 heteroatoms. The number of piperidine rings is 1. The van der Waals surface area contributed by atoms with Crippen LogP contribution in [0, 0.1) is 5.92 Å². The van der Waals surface area contributed by atoms with E-state index >= 15 is 0 Å². The highest BCUT2D eigenvalue weighted by Crippen LogP contribution is 2.47. The number of nitrogens with zero attached hydrogens (tertiary/aromatic N) is 1. The molecule has 3 aliphatic rings. The van der Waals surface area contributed by atoms with Crippen molar-refractivity contribution in [2.45, 2.75) is 24.9 Å². The van der Waals surface area contributed by atoms with Gasteiger partial charge in [0.2, 0.25) is 11.8 Å². The number of rotatable bonds is 3. The molecule has 0 radical (unpaired) electrons. The third-order valence-corrected chi connectivity index (χ3v) is 3.84. The predicted octanol–water partition coefficient (Wildman–Crippen LogP) is -0.430. The molecule has 1 amide bonds. The Hall–Kier alpha value is -2.09. The van der Waals surface area contributed by atoms with E-state index in [0.717, 1.165) is 0 Å². The lowest BCUT2D eigenvalue weighted by molar-refractivity contribution is -0.152. The van der Waals surface area contributed by atoms with E-state index in [1.165, 1.54) is 4.90 Å². The molecule has 0 bridgehead atoms. The molecule has 102 valence electrons.